The van der Waals surface area contributed by atoms with Gasteiger partial charge in [-0.25, -0.2) is 9.20 Å². The summed E-state index contributed by atoms with van der Waals surface area (Å²) >= 11 is 0. The number of carbonyl (C=O) groups is 1. The van der Waals surface area contributed by atoms with Crippen molar-refractivity contribution in [3.05, 3.63) is 12.1 Å². The number of esters is 1. The van der Waals surface area contributed by atoms with Crippen molar-refractivity contribution in [3.8, 4) is 11.5 Å². The second-order valence-corrected chi connectivity index (χ2v) is 8.50. The minimum absolute atomic E-state index is 0.0874. The van der Waals surface area contributed by atoms with Crippen LogP contribution in [0.2, 0.25) is 0 Å². The highest BCUT2D eigenvalue weighted by Gasteiger charge is 2.28. The number of rotatable bonds is 3. The van der Waals surface area contributed by atoms with Crippen LogP contribution in [0.25, 0.3) is 0 Å². The molecule has 0 radical (unpaired) electrons. The van der Waals surface area contributed by atoms with Crippen LogP contribution in [0.15, 0.2) is 26.4 Å². The van der Waals surface area contributed by atoms with Crippen molar-refractivity contribution in [2.24, 2.45) is 9.36 Å². The maximum Gasteiger partial charge on any atom is 0.302 e. The average molecular weight is 381 g/mol. The lowest BCUT2D eigenvalue weighted by atomic mass is 10.1. The highest BCUT2D eigenvalue weighted by atomic mass is 32.2. The van der Waals surface area contributed by atoms with Crippen LogP contribution in [0, 0.1) is 0 Å². The zero-order chi connectivity index (χ0) is 18.9. The van der Waals surface area contributed by atoms with E-state index < -0.39 is 9.73 Å². The molecule has 0 aromatic heterocycles. The van der Waals surface area contributed by atoms with Gasteiger partial charge >= 0.3 is 5.97 Å². The Bertz CT molecular complexity index is 865. The molecule has 8 nitrogen and oxygen atoms in total. The van der Waals surface area contributed by atoms with Gasteiger partial charge in [-0.05, 0) is 0 Å². The molecule has 0 N–H and O–H groups in total. The molecule has 3 rings (SSSR count). The second-order valence-electron chi connectivity index (χ2n) is 6.28. The summed E-state index contributed by atoms with van der Waals surface area (Å²) in [4.78, 5) is 18.2. The number of methoxy groups -OCH3 is 2. The van der Waals surface area contributed by atoms with Gasteiger partial charge in [0.05, 0.1) is 34.5 Å². The third-order valence-electron chi connectivity index (χ3n) is 4.41. The van der Waals surface area contributed by atoms with Crippen molar-refractivity contribution in [2.75, 3.05) is 33.6 Å². The highest BCUT2D eigenvalue weighted by molar-refractivity contribution is 7.93. The number of aliphatic imine (C=N–C) groups is 1. The van der Waals surface area contributed by atoms with Gasteiger partial charge in [0.2, 0.25) is 5.96 Å². The topological polar surface area (TPSA) is 89.8 Å². The number of hydrogen-bond acceptors (Lipinski definition) is 8. The van der Waals surface area contributed by atoms with E-state index in [2.05, 4.69) is 9.36 Å². The Kier molecular flexibility index (Phi) is 5.08. The van der Waals surface area contributed by atoms with Crippen LogP contribution in [0.1, 0.15) is 19.8 Å². The Morgan fingerprint density at radius 2 is 1.81 bits per heavy atom. The van der Waals surface area contributed by atoms with Gasteiger partial charge in [0.1, 0.15) is 6.10 Å². The lowest BCUT2D eigenvalue weighted by molar-refractivity contribution is -0.148. The predicted molar refractivity (Wildman–Crippen MR) is 97.8 cm³/mol. The largest absolute Gasteiger partial charge is 0.493 e. The molecule has 2 heterocycles. The quantitative estimate of drug-likeness (QED) is 0.746. The summed E-state index contributed by atoms with van der Waals surface area (Å²) in [5.41, 5.74) is 0.572. The molecule has 0 aliphatic carbocycles. The molecule has 1 aromatic rings. The van der Waals surface area contributed by atoms with Crippen LogP contribution in [0.4, 0.5) is 5.69 Å². The molecular formula is C17H23N3O5S. The van der Waals surface area contributed by atoms with Crippen LogP contribution >= 0.6 is 0 Å². The maximum absolute atomic E-state index is 13.1. The molecule has 0 spiro atoms. The first-order valence-corrected chi connectivity index (χ1v) is 10.3. The minimum Gasteiger partial charge on any atom is -0.493 e. The van der Waals surface area contributed by atoms with E-state index >= 15 is 0 Å². The van der Waals surface area contributed by atoms with Gasteiger partial charge in [-0.2, -0.15) is 4.36 Å². The molecule has 2 aliphatic heterocycles. The van der Waals surface area contributed by atoms with Gasteiger partial charge in [-0.15, -0.1) is 0 Å². The summed E-state index contributed by atoms with van der Waals surface area (Å²) < 4.78 is 33.4. The molecule has 142 valence electrons. The van der Waals surface area contributed by atoms with Crippen molar-refractivity contribution >= 4 is 27.3 Å². The minimum atomic E-state index is -2.65. The molecule has 1 atom stereocenters. The standard InChI is InChI=1S/C17H23N3O5S/c1-11(21)25-12-5-7-20(8-6-12)17-18-13-9-14(23-2)15(24-3)10-16(13)26(4,22)19-17/h9-10,12H,5-8H2,1-4H3. The van der Waals surface area contributed by atoms with Crippen LogP contribution < -0.4 is 9.47 Å². The summed E-state index contributed by atoms with van der Waals surface area (Å²) in [6.07, 6.45) is 2.89. The number of guanidine groups is 1. The third-order valence-corrected chi connectivity index (χ3v) is 6.06. The molecule has 1 aromatic carbocycles. The fourth-order valence-electron chi connectivity index (χ4n) is 3.11. The molecule has 9 heteroatoms. The average Bonchev–Trinajstić information content (AvgIpc) is 2.60. The highest BCUT2D eigenvalue weighted by Crippen LogP contribution is 2.40. The van der Waals surface area contributed by atoms with Crippen LogP contribution in [0.5, 0.6) is 11.5 Å². The number of ether oxygens (including phenoxy) is 3. The van der Waals surface area contributed by atoms with E-state index in [1.54, 1.807) is 25.5 Å². The normalized spacial score (nSPS) is 22.8. The Hall–Kier alpha value is -2.29. The summed E-state index contributed by atoms with van der Waals surface area (Å²) in [6, 6.07) is 3.39. The van der Waals surface area contributed by atoms with Gasteiger partial charge in [0.15, 0.2) is 11.5 Å². The monoisotopic (exact) mass is 381 g/mol. The first-order chi connectivity index (χ1) is 12.3. The Labute approximate surface area is 153 Å². The van der Waals surface area contributed by atoms with E-state index in [4.69, 9.17) is 14.2 Å². The van der Waals surface area contributed by atoms with Gasteiger partial charge in [0.25, 0.3) is 0 Å². The molecule has 0 saturated carbocycles. The van der Waals surface area contributed by atoms with E-state index in [1.807, 2.05) is 4.90 Å². The fourth-order valence-corrected chi connectivity index (χ4v) is 4.49. The zero-order valence-corrected chi connectivity index (χ0v) is 16.2. The SMILES string of the molecule is COc1cc2c(cc1OC)S(C)(=O)=NC(N1CCC(OC(C)=O)CC1)=N2. The Balaban J connectivity index is 1.90. The number of nitrogens with zero attached hydrogens (tertiary/aromatic N) is 3. The van der Waals surface area contributed by atoms with E-state index in [0.29, 0.717) is 54.0 Å². The van der Waals surface area contributed by atoms with E-state index in [9.17, 15) is 9.00 Å². The van der Waals surface area contributed by atoms with Gasteiger partial charge in [-0.1, -0.05) is 0 Å². The first kappa shape index (κ1) is 18.5. The van der Waals surface area contributed by atoms with E-state index in [0.717, 1.165) is 0 Å². The van der Waals surface area contributed by atoms with Gasteiger partial charge in [0, 0.05) is 51.2 Å². The van der Waals surface area contributed by atoms with Crippen molar-refractivity contribution in [1.29, 1.82) is 0 Å². The maximum atomic E-state index is 13.1. The molecule has 0 amide bonds. The van der Waals surface area contributed by atoms with Crippen molar-refractivity contribution < 1.29 is 23.2 Å². The third kappa shape index (κ3) is 3.62. The zero-order valence-electron chi connectivity index (χ0n) is 15.4. The molecule has 2 aliphatic rings. The number of benzene rings is 1. The van der Waals surface area contributed by atoms with Gasteiger partial charge < -0.3 is 19.1 Å². The number of hydrogen-bond donors (Lipinski definition) is 0. The molecular weight excluding hydrogens is 358 g/mol. The van der Waals surface area contributed by atoms with Crippen molar-refractivity contribution in [1.82, 2.24) is 4.90 Å². The van der Waals surface area contributed by atoms with Gasteiger partial charge in [-0.3, -0.25) is 4.79 Å². The Morgan fingerprint density at radius 1 is 1.19 bits per heavy atom. The van der Waals surface area contributed by atoms with E-state index in [-0.39, 0.29) is 12.1 Å². The summed E-state index contributed by atoms with van der Waals surface area (Å²) in [5.74, 6) is 1.20. The van der Waals surface area contributed by atoms with Crippen LogP contribution in [-0.4, -0.2) is 60.7 Å². The lowest BCUT2D eigenvalue weighted by Crippen LogP contribution is -2.41. The molecule has 1 unspecified atom stereocenters. The number of fused-ring (bicyclic) bond motifs is 1. The van der Waals surface area contributed by atoms with Crippen molar-refractivity contribution in [3.63, 3.8) is 0 Å². The van der Waals surface area contributed by atoms with Crippen molar-refractivity contribution in [2.45, 2.75) is 30.8 Å². The van der Waals surface area contributed by atoms with Crippen LogP contribution in [-0.2, 0) is 19.3 Å². The fraction of sp³-hybridized carbons (Fsp3) is 0.529. The molecule has 1 saturated heterocycles. The van der Waals surface area contributed by atoms with Crippen LogP contribution in [0.3, 0.4) is 0 Å². The first-order valence-electron chi connectivity index (χ1n) is 8.33. The number of carbonyl (C=O) groups excluding carboxylic acids is 1. The predicted octanol–water partition coefficient (Wildman–Crippen LogP) is 2.19. The molecule has 1 fully saturated rings. The van der Waals surface area contributed by atoms with E-state index in [1.165, 1.54) is 14.0 Å². The Morgan fingerprint density at radius 3 is 2.38 bits per heavy atom. The molecule has 0 bridgehead atoms. The summed E-state index contributed by atoms with van der Waals surface area (Å²) in [6.45, 7) is 2.69. The summed E-state index contributed by atoms with van der Waals surface area (Å²) in [7, 11) is 0.429. The lowest BCUT2D eigenvalue weighted by Gasteiger charge is -2.33. The summed E-state index contributed by atoms with van der Waals surface area (Å²) in [5, 5.41) is 0. The number of piperidine rings is 1. The number of likely N-dealkylation sites (tertiary alicyclic amines) is 1. The smallest absolute Gasteiger partial charge is 0.302 e. The molecule has 26 heavy (non-hydrogen) atoms. The second kappa shape index (κ2) is 7.14.